The minimum Gasteiger partial charge on any atom is -0.497 e. The number of rotatable bonds is 9. The molecule has 0 bridgehead atoms. The Hall–Kier alpha value is -3.42. The predicted octanol–water partition coefficient (Wildman–Crippen LogP) is 2.76. The van der Waals surface area contributed by atoms with Gasteiger partial charge in [-0.1, -0.05) is 6.07 Å². The van der Waals surface area contributed by atoms with Gasteiger partial charge in [0.05, 0.1) is 34.5 Å². The van der Waals surface area contributed by atoms with Gasteiger partial charge in [0.15, 0.2) is 6.61 Å². The SMILES string of the molecule is COc1ccc(OC)c([C@H](C)NC(=O)COC(=O)c2c(OC)cccc2OC)c1. The Bertz CT molecular complexity index is 844. The Morgan fingerprint density at radius 2 is 1.52 bits per heavy atom. The van der Waals surface area contributed by atoms with Crippen LogP contribution in [0.4, 0.5) is 0 Å². The molecule has 0 spiro atoms. The summed E-state index contributed by atoms with van der Waals surface area (Å²) in [5.41, 5.74) is 0.853. The molecule has 0 heterocycles. The number of carbonyl (C=O) groups is 2. The van der Waals surface area contributed by atoms with Crippen molar-refractivity contribution in [2.45, 2.75) is 13.0 Å². The highest BCUT2D eigenvalue weighted by molar-refractivity contribution is 5.96. The number of esters is 1. The molecule has 156 valence electrons. The summed E-state index contributed by atoms with van der Waals surface area (Å²) < 4.78 is 26.1. The van der Waals surface area contributed by atoms with Crippen molar-refractivity contribution in [2.75, 3.05) is 35.0 Å². The minimum atomic E-state index is -0.721. The second-order valence-electron chi connectivity index (χ2n) is 6.01. The predicted molar refractivity (Wildman–Crippen MR) is 106 cm³/mol. The molecule has 0 unspecified atom stereocenters. The molecule has 0 aliphatic carbocycles. The van der Waals surface area contributed by atoms with Gasteiger partial charge in [-0.15, -0.1) is 0 Å². The number of ether oxygens (including phenoxy) is 5. The van der Waals surface area contributed by atoms with Gasteiger partial charge in [0.25, 0.3) is 5.91 Å². The normalized spacial score (nSPS) is 11.2. The molecular weight excluding hydrogens is 378 g/mol. The average Bonchev–Trinajstić information content (AvgIpc) is 2.76. The van der Waals surface area contributed by atoms with Gasteiger partial charge in [-0.2, -0.15) is 0 Å². The smallest absolute Gasteiger partial charge is 0.346 e. The van der Waals surface area contributed by atoms with E-state index in [0.29, 0.717) is 23.0 Å². The fourth-order valence-electron chi connectivity index (χ4n) is 2.79. The van der Waals surface area contributed by atoms with E-state index in [2.05, 4.69) is 5.32 Å². The maximum absolute atomic E-state index is 12.4. The van der Waals surface area contributed by atoms with Crippen molar-refractivity contribution in [3.05, 3.63) is 47.5 Å². The number of hydrogen-bond donors (Lipinski definition) is 1. The number of benzene rings is 2. The van der Waals surface area contributed by atoms with E-state index in [4.69, 9.17) is 23.7 Å². The minimum absolute atomic E-state index is 0.118. The molecule has 1 amide bonds. The van der Waals surface area contributed by atoms with Crippen molar-refractivity contribution in [3.8, 4) is 23.0 Å². The van der Waals surface area contributed by atoms with Crippen molar-refractivity contribution in [3.63, 3.8) is 0 Å². The highest BCUT2D eigenvalue weighted by Crippen LogP contribution is 2.30. The summed E-state index contributed by atoms with van der Waals surface area (Å²) in [6.07, 6.45) is 0. The van der Waals surface area contributed by atoms with E-state index in [9.17, 15) is 9.59 Å². The van der Waals surface area contributed by atoms with Crippen LogP contribution in [0.5, 0.6) is 23.0 Å². The van der Waals surface area contributed by atoms with Crippen LogP contribution in [-0.4, -0.2) is 46.9 Å². The average molecular weight is 403 g/mol. The third-order valence-electron chi connectivity index (χ3n) is 4.25. The Kier molecular flexibility index (Phi) is 7.70. The van der Waals surface area contributed by atoms with Gasteiger partial charge >= 0.3 is 5.97 Å². The van der Waals surface area contributed by atoms with Crippen molar-refractivity contribution >= 4 is 11.9 Å². The lowest BCUT2D eigenvalue weighted by atomic mass is 10.1. The zero-order valence-corrected chi connectivity index (χ0v) is 17.1. The van der Waals surface area contributed by atoms with Gasteiger partial charge in [-0.25, -0.2) is 4.79 Å². The molecule has 2 rings (SSSR count). The highest BCUT2D eigenvalue weighted by atomic mass is 16.5. The molecule has 0 fully saturated rings. The molecule has 29 heavy (non-hydrogen) atoms. The third kappa shape index (κ3) is 5.31. The molecule has 0 saturated heterocycles. The van der Waals surface area contributed by atoms with E-state index in [0.717, 1.165) is 5.56 Å². The lowest BCUT2D eigenvalue weighted by Crippen LogP contribution is -2.31. The van der Waals surface area contributed by atoms with E-state index in [1.54, 1.807) is 57.5 Å². The van der Waals surface area contributed by atoms with Crippen LogP contribution < -0.4 is 24.3 Å². The molecule has 2 aromatic carbocycles. The Balaban J connectivity index is 2.05. The van der Waals surface area contributed by atoms with E-state index in [-0.39, 0.29) is 5.56 Å². The number of hydrogen-bond acceptors (Lipinski definition) is 7. The van der Waals surface area contributed by atoms with Gasteiger partial charge in [0, 0.05) is 5.56 Å². The van der Waals surface area contributed by atoms with Crippen LogP contribution in [0.1, 0.15) is 28.9 Å². The molecule has 8 heteroatoms. The van der Waals surface area contributed by atoms with Crippen LogP contribution in [-0.2, 0) is 9.53 Å². The summed E-state index contributed by atoms with van der Waals surface area (Å²) >= 11 is 0. The first-order chi connectivity index (χ1) is 13.9. The second kappa shape index (κ2) is 10.2. The standard InChI is InChI=1S/C21H25NO7/c1-13(15-11-14(25-2)9-10-16(15)26-3)22-19(23)12-29-21(24)20-17(27-4)7-6-8-18(20)28-5/h6-11,13H,12H2,1-5H3,(H,22,23)/t13-/m0/s1. The molecule has 8 nitrogen and oxygen atoms in total. The van der Waals surface area contributed by atoms with Gasteiger partial charge in [-0.05, 0) is 37.3 Å². The quantitative estimate of drug-likeness (QED) is 0.644. The highest BCUT2D eigenvalue weighted by Gasteiger charge is 2.21. The van der Waals surface area contributed by atoms with Crippen molar-refractivity contribution in [1.29, 1.82) is 0 Å². The summed E-state index contributed by atoms with van der Waals surface area (Å²) in [5.74, 6) is 0.644. The van der Waals surface area contributed by atoms with E-state index < -0.39 is 24.5 Å². The fourth-order valence-corrected chi connectivity index (χ4v) is 2.79. The van der Waals surface area contributed by atoms with Gasteiger partial charge in [-0.3, -0.25) is 4.79 Å². The molecule has 0 aromatic heterocycles. The van der Waals surface area contributed by atoms with Crippen LogP contribution in [0.25, 0.3) is 0 Å². The monoisotopic (exact) mass is 403 g/mol. The first kappa shape index (κ1) is 21.9. The van der Waals surface area contributed by atoms with Crippen LogP contribution >= 0.6 is 0 Å². The first-order valence-electron chi connectivity index (χ1n) is 8.84. The Morgan fingerprint density at radius 1 is 0.897 bits per heavy atom. The van der Waals surface area contributed by atoms with Gasteiger partial charge < -0.3 is 29.0 Å². The van der Waals surface area contributed by atoms with Crippen LogP contribution in [0.15, 0.2) is 36.4 Å². The van der Waals surface area contributed by atoms with Crippen molar-refractivity contribution in [2.24, 2.45) is 0 Å². The number of methoxy groups -OCH3 is 4. The first-order valence-corrected chi connectivity index (χ1v) is 8.84. The van der Waals surface area contributed by atoms with E-state index in [1.807, 2.05) is 0 Å². The molecule has 1 atom stereocenters. The number of amides is 1. The van der Waals surface area contributed by atoms with Crippen molar-refractivity contribution in [1.82, 2.24) is 5.32 Å². The summed E-state index contributed by atoms with van der Waals surface area (Å²) in [6, 6.07) is 9.79. The molecule has 0 saturated carbocycles. The molecule has 0 aliphatic heterocycles. The van der Waals surface area contributed by atoms with Gasteiger partial charge in [0.2, 0.25) is 0 Å². The number of nitrogens with one attached hydrogen (secondary N) is 1. The van der Waals surface area contributed by atoms with E-state index in [1.165, 1.54) is 14.2 Å². The summed E-state index contributed by atoms with van der Waals surface area (Å²) in [5, 5.41) is 2.77. The van der Waals surface area contributed by atoms with Crippen LogP contribution in [0.2, 0.25) is 0 Å². The maximum Gasteiger partial charge on any atom is 0.346 e. The maximum atomic E-state index is 12.4. The zero-order chi connectivity index (χ0) is 21.4. The molecule has 0 aliphatic rings. The lowest BCUT2D eigenvalue weighted by Gasteiger charge is -2.18. The van der Waals surface area contributed by atoms with E-state index >= 15 is 0 Å². The molecule has 0 radical (unpaired) electrons. The topological polar surface area (TPSA) is 92.3 Å². The Labute approximate surface area is 169 Å². The molecular formula is C21H25NO7. The lowest BCUT2D eigenvalue weighted by molar-refractivity contribution is -0.124. The summed E-state index contributed by atoms with van der Waals surface area (Å²) in [6.45, 7) is 1.33. The van der Waals surface area contributed by atoms with Crippen molar-refractivity contribution < 1.29 is 33.3 Å². The molecule has 1 N–H and O–H groups in total. The largest absolute Gasteiger partial charge is 0.497 e. The molecule has 2 aromatic rings. The fraction of sp³-hybridized carbons (Fsp3) is 0.333. The third-order valence-corrected chi connectivity index (χ3v) is 4.25. The van der Waals surface area contributed by atoms with Crippen LogP contribution in [0.3, 0.4) is 0 Å². The second-order valence-corrected chi connectivity index (χ2v) is 6.01. The van der Waals surface area contributed by atoms with Crippen LogP contribution in [0, 0.1) is 0 Å². The summed E-state index contributed by atoms with van der Waals surface area (Å²) in [7, 11) is 5.96. The van der Waals surface area contributed by atoms with Gasteiger partial charge in [0.1, 0.15) is 28.6 Å². The Morgan fingerprint density at radius 3 is 2.07 bits per heavy atom. The zero-order valence-electron chi connectivity index (χ0n) is 17.1. The summed E-state index contributed by atoms with van der Waals surface area (Å²) in [4.78, 5) is 24.8. The number of carbonyl (C=O) groups excluding carboxylic acids is 2.